The first kappa shape index (κ1) is 21.1. The first-order chi connectivity index (χ1) is 15.0. The Balaban J connectivity index is 1.52. The summed E-state index contributed by atoms with van der Waals surface area (Å²) in [5.74, 6) is 2.49. The van der Waals surface area contributed by atoms with E-state index in [2.05, 4.69) is 26.2 Å². The fourth-order valence-corrected chi connectivity index (χ4v) is 3.84. The van der Waals surface area contributed by atoms with Crippen LogP contribution < -0.4 is 15.8 Å². The lowest BCUT2D eigenvalue weighted by Crippen LogP contribution is -2.56. The number of aromatic nitrogens is 1. The normalized spacial score (nSPS) is 21.7. The summed E-state index contributed by atoms with van der Waals surface area (Å²) in [5.41, 5.74) is 7.84. The Morgan fingerprint density at radius 2 is 1.94 bits per heavy atom. The molecule has 0 amide bonds. The summed E-state index contributed by atoms with van der Waals surface area (Å²) < 4.78 is 5.40. The van der Waals surface area contributed by atoms with Crippen molar-refractivity contribution in [2.45, 2.75) is 12.2 Å². The molecule has 0 radical (unpaired) electrons. The van der Waals surface area contributed by atoms with Crippen molar-refractivity contribution in [1.29, 1.82) is 0 Å². The Labute approximate surface area is 184 Å². The van der Waals surface area contributed by atoms with Crippen molar-refractivity contribution in [3.8, 4) is 5.75 Å². The molecule has 0 aliphatic carbocycles. The maximum absolute atomic E-state index is 6.83. The van der Waals surface area contributed by atoms with Gasteiger partial charge in [-0.1, -0.05) is 18.2 Å². The Bertz CT molecular complexity index is 951. The van der Waals surface area contributed by atoms with E-state index in [1.165, 1.54) is 0 Å². The number of hydrogen-bond donors (Lipinski definition) is 2. The lowest BCUT2D eigenvalue weighted by atomic mass is 9.99. The van der Waals surface area contributed by atoms with Crippen LogP contribution in [0.1, 0.15) is 11.3 Å². The highest BCUT2D eigenvalue weighted by Gasteiger charge is 2.33. The number of methoxy groups -OCH3 is 1. The zero-order valence-electron chi connectivity index (χ0n) is 18.5. The van der Waals surface area contributed by atoms with Crippen LogP contribution in [0.25, 0.3) is 0 Å². The standard InChI is InChI=1S/C23H31N7O/c1-28(2)21-16-23(24,18-7-6-9-20(15-18)31-3)27-22(26-21)30-13-11-29(12-14-30)17-19-8-4-5-10-25-19/h4-10,15-16H,11-14,17,24H2,1-3H3,(H,26,27). The molecule has 3 N–H and O–H groups in total. The van der Waals surface area contributed by atoms with Gasteiger partial charge >= 0.3 is 0 Å². The summed E-state index contributed by atoms with van der Waals surface area (Å²) in [5, 5.41) is 3.46. The van der Waals surface area contributed by atoms with Gasteiger partial charge in [0.05, 0.1) is 12.8 Å². The van der Waals surface area contributed by atoms with Crippen LogP contribution in [0.5, 0.6) is 5.75 Å². The average Bonchev–Trinajstić information content (AvgIpc) is 2.80. The molecule has 1 aromatic carbocycles. The number of nitrogens with two attached hydrogens (primary N) is 1. The molecule has 1 aromatic heterocycles. The minimum Gasteiger partial charge on any atom is -0.497 e. The van der Waals surface area contributed by atoms with Crippen LogP contribution in [-0.2, 0) is 12.2 Å². The second-order valence-corrected chi connectivity index (χ2v) is 8.13. The van der Waals surface area contributed by atoms with E-state index in [0.29, 0.717) is 0 Å². The predicted molar refractivity (Wildman–Crippen MR) is 122 cm³/mol. The van der Waals surface area contributed by atoms with Gasteiger partial charge < -0.3 is 19.9 Å². The maximum atomic E-state index is 6.83. The number of hydrogen-bond acceptors (Lipinski definition) is 8. The summed E-state index contributed by atoms with van der Waals surface area (Å²) in [6.45, 7) is 4.48. The smallest absolute Gasteiger partial charge is 0.202 e. The van der Waals surface area contributed by atoms with Gasteiger partial charge in [-0.2, -0.15) is 0 Å². The van der Waals surface area contributed by atoms with Crippen molar-refractivity contribution < 1.29 is 4.74 Å². The van der Waals surface area contributed by atoms with Gasteiger partial charge in [-0.25, -0.2) is 4.99 Å². The molecule has 1 atom stereocenters. The van der Waals surface area contributed by atoms with E-state index in [-0.39, 0.29) is 0 Å². The highest BCUT2D eigenvalue weighted by Crippen LogP contribution is 2.29. The number of ether oxygens (including phenoxy) is 1. The molecule has 0 saturated carbocycles. The van der Waals surface area contributed by atoms with Gasteiger partial charge in [0.2, 0.25) is 5.96 Å². The third-order valence-electron chi connectivity index (χ3n) is 5.69. The van der Waals surface area contributed by atoms with Gasteiger partial charge in [0.25, 0.3) is 0 Å². The minimum absolute atomic E-state index is 0.764. The molecule has 0 bridgehead atoms. The maximum Gasteiger partial charge on any atom is 0.202 e. The first-order valence-electron chi connectivity index (χ1n) is 10.5. The molecule has 2 aliphatic heterocycles. The highest BCUT2D eigenvalue weighted by atomic mass is 16.5. The molecule has 1 unspecified atom stereocenters. The van der Waals surface area contributed by atoms with Gasteiger partial charge in [-0.05, 0) is 24.3 Å². The Morgan fingerprint density at radius 3 is 2.61 bits per heavy atom. The van der Waals surface area contributed by atoms with Crippen LogP contribution in [-0.4, -0.2) is 73.0 Å². The summed E-state index contributed by atoms with van der Waals surface area (Å²) >= 11 is 0. The van der Waals surface area contributed by atoms with E-state index < -0.39 is 5.66 Å². The number of pyridine rings is 1. The zero-order chi connectivity index (χ0) is 21.8. The second-order valence-electron chi connectivity index (χ2n) is 8.13. The summed E-state index contributed by atoms with van der Waals surface area (Å²) in [4.78, 5) is 16.1. The SMILES string of the molecule is COc1cccc(C2(N)C=C(N(C)C)NC(N3CCN(Cc4ccccn4)CC3)=N2)c1. The van der Waals surface area contributed by atoms with Crippen LogP contribution >= 0.6 is 0 Å². The van der Waals surface area contributed by atoms with Crippen molar-refractivity contribution in [3.05, 3.63) is 71.8 Å². The molecule has 2 aliphatic rings. The Morgan fingerprint density at radius 1 is 1.13 bits per heavy atom. The van der Waals surface area contributed by atoms with Crippen molar-refractivity contribution >= 4 is 5.96 Å². The molecule has 2 aromatic rings. The summed E-state index contributed by atoms with van der Waals surface area (Å²) in [6.07, 6.45) is 3.81. The molecule has 3 heterocycles. The van der Waals surface area contributed by atoms with Crippen LogP contribution in [0, 0.1) is 0 Å². The summed E-state index contributed by atoms with van der Waals surface area (Å²) in [7, 11) is 5.65. The third kappa shape index (κ3) is 4.81. The third-order valence-corrected chi connectivity index (χ3v) is 5.69. The lowest BCUT2D eigenvalue weighted by molar-refractivity contribution is 0.169. The van der Waals surface area contributed by atoms with E-state index in [4.69, 9.17) is 15.5 Å². The molecular formula is C23H31N7O. The number of aliphatic imine (C=N–C) groups is 1. The van der Waals surface area contributed by atoms with E-state index in [0.717, 1.165) is 61.5 Å². The van der Waals surface area contributed by atoms with Crippen molar-refractivity contribution in [1.82, 2.24) is 25.0 Å². The molecule has 164 valence electrons. The van der Waals surface area contributed by atoms with Gasteiger partial charge in [-0.15, -0.1) is 0 Å². The first-order valence-corrected chi connectivity index (χ1v) is 10.5. The van der Waals surface area contributed by atoms with Gasteiger partial charge in [-0.3, -0.25) is 15.6 Å². The largest absolute Gasteiger partial charge is 0.497 e. The van der Waals surface area contributed by atoms with E-state index in [9.17, 15) is 0 Å². The fourth-order valence-electron chi connectivity index (χ4n) is 3.84. The number of rotatable bonds is 5. The zero-order valence-corrected chi connectivity index (χ0v) is 18.5. The van der Waals surface area contributed by atoms with E-state index in [1.807, 2.05) is 67.7 Å². The lowest BCUT2D eigenvalue weighted by Gasteiger charge is -2.40. The van der Waals surface area contributed by atoms with Crippen molar-refractivity contribution in [3.63, 3.8) is 0 Å². The van der Waals surface area contributed by atoms with Crippen LogP contribution in [0.2, 0.25) is 0 Å². The number of benzene rings is 1. The van der Waals surface area contributed by atoms with Crippen molar-refractivity contribution in [2.75, 3.05) is 47.4 Å². The number of nitrogens with zero attached hydrogens (tertiary/aromatic N) is 5. The molecule has 4 rings (SSSR count). The molecule has 1 saturated heterocycles. The minimum atomic E-state index is -0.972. The molecule has 8 heteroatoms. The van der Waals surface area contributed by atoms with Gasteiger partial charge in [0, 0.05) is 64.7 Å². The fraction of sp³-hybridized carbons (Fsp3) is 0.391. The van der Waals surface area contributed by atoms with Crippen LogP contribution in [0.4, 0.5) is 0 Å². The molecule has 31 heavy (non-hydrogen) atoms. The van der Waals surface area contributed by atoms with Crippen molar-refractivity contribution in [2.24, 2.45) is 10.7 Å². The molecule has 1 fully saturated rings. The summed E-state index contributed by atoms with van der Waals surface area (Å²) in [6, 6.07) is 13.9. The quantitative estimate of drug-likeness (QED) is 0.755. The van der Waals surface area contributed by atoms with Gasteiger partial charge in [0.15, 0.2) is 5.66 Å². The highest BCUT2D eigenvalue weighted by molar-refractivity contribution is 5.83. The van der Waals surface area contributed by atoms with Crippen LogP contribution in [0.15, 0.2) is 65.6 Å². The Kier molecular flexibility index (Phi) is 6.11. The number of nitrogens with one attached hydrogen (secondary N) is 1. The van der Waals surface area contributed by atoms with Gasteiger partial charge in [0.1, 0.15) is 11.6 Å². The Hall–Kier alpha value is -3.10. The molecule has 8 nitrogen and oxygen atoms in total. The topological polar surface area (TPSA) is 82.3 Å². The number of piperazine rings is 1. The predicted octanol–water partition coefficient (Wildman–Crippen LogP) is 1.38. The van der Waals surface area contributed by atoms with E-state index in [1.54, 1.807) is 7.11 Å². The second kappa shape index (κ2) is 8.95. The van der Waals surface area contributed by atoms with Crippen LogP contribution in [0.3, 0.4) is 0 Å². The molecular weight excluding hydrogens is 390 g/mol. The monoisotopic (exact) mass is 421 g/mol. The average molecular weight is 422 g/mol. The number of guanidine groups is 1. The van der Waals surface area contributed by atoms with E-state index >= 15 is 0 Å². The molecule has 0 spiro atoms.